The number of hydrogen-bond donors (Lipinski definition) is 1. The van der Waals surface area contributed by atoms with E-state index in [4.69, 9.17) is 9.47 Å². The van der Waals surface area contributed by atoms with Gasteiger partial charge >= 0.3 is 0 Å². The minimum absolute atomic E-state index is 0.375. The van der Waals surface area contributed by atoms with Crippen LogP contribution in [-0.4, -0.2) is 49.0 Å². The van der Waals surface area contributed by atoms with E-state index in [1.54, 1.807) is 21.3 Å². The van der Waals surface area contributed by atoms with Gasteiger partial charge in [0.1, 0.15) is 0 Å². The van der Waals surface area contributed by atoms with E-state index in [0.29, 0.717) is 24.6 Å². The molecule has 0 fully saturated rings. The number of nitrogens with zero attached hydrogens (tertiary/aromatic N) is 4. The maximum absolute atomic E-state index is 5.53. The molecule has 0 unspecified atom stereocenters. The Morgan fingerprint density at radius 1 is 1.30 bits per heavy atom. The number of aromatic nitrogens is 2. The van der Waals surface area contributed by atoms with Gasteiger partial charge < -0.3 is 19.7 Å². The largest absolute Gasteiger partial charge is 0.493 e. The van der Waals surface area contributed by atoms with E-state index in [9.17, 15) is 0 Å². The normalized spacial score (nSPS) is 11.5. The van der Waals surface area contributed by atoms with Crippen LogP contribution in [0.5, 0.6) is 11.5 Å². The van der Waals surface area contributed by atoms with Crippen LogP contribution in [0.15, 0.2) is 36.0 Å². The van der Waals surface area contributed by atoms with Gasteiger partial charge in [0.2, 0.25) is 0 Å². The van der Waals surface area contributed by atoms with Crippen LogP contribution in [0, 0.1) is 0 Å². The Bertz CT molecular complexity index is 886. The first-order valence-electron chi connectivity index (χ1n) is 10.1. The summed E-state index contributed by atoms with van der Waals surface area (Å²) in [6, 6.07) is 4.10. The zero-order valence-electron chi connectivity index (χ0n) is 19.3. The Balaban J connectivity index is 2.15. The van der Waals surface area contributed by atoms with Crippen molar-refractivity contribution in [2.24, 2.45) is 12.0 Å². The minimum atomic E-state index is 0.375. The third-order valence-electron chi connectivity index (χ3n) is 4.90. The second-order valence-corrected chi connectivity index (χ2v) is 7.61. The van der Waals surface area contributed by atoms with Gasteiger partial charge in [-0.1, -0.05) is 19.9 Å². The first kappa shape index (κ1) is 23.3. The number of guanidine groups is 1. The number of allylic oxidation sites excluding steroid dienone is 1. The average molecular weight is 414 g/mol. The second-order valence-electron chi connectivity index (χ2n) is 7.61. The molecule has 0 saturated heterocycles. The standard InChI is InChI=1S/C23H35N5O2/c1-9-10-18-11-17(12-20(29-7)22(18)30-8)13-25-23(24-4)27(5)14-19-15-28(6)26-21(19)16(2)3/h9,11-12,15-16H,1,10,13-14H2,2-8H3,(H,24,25). The summed E-state index contributed by atoms with van der Waals surface area (Å²) in [6.45, 7) is 9.52. The van der Waals surface area contributed by atoms with E-state index in [1.165, 1.54) is 5.56 Å². The van der Waals surface area contributed by atoms with Crippen LogP contribution in [0.3, 0.4) is 0 Å². The Morgan fingerprint density at radius 2 is 2.03 bits per heavy atom. The second kappa shape index (κ2) is 10.7. The Labute approximate surface area is 180 Å². The number of hydrogen-bond acceptors (Lipinski definition) is 4. The summed E-state index contributed by atoms with van der Waals surface area (Å²) in [6.07, 6.45) is 4.65. The van der Waals surface area contributed by atoms with Crippen LogP contribution in [0.2, 0.25) is 0 Å². The molecule has 30 heavy (non-hydrogen) atoms. The van der Waals surface area contributed by atoms with Crippen molar-refractivity contribution in [1.29, 1.82) is 0 Å². The highest BCUT2D eigenvalue weighted by molar-refractivity contribution is 5.79. The van der Waals surface area contributed by atoms with Crippen molar-refractivity contribution >= 4 is 5.96 Å². The number of benzene rings is 1. The lowest BCUT2D eigenvalue weighted by Gasteiger charge is -2.23. The Morgan fingerprint density at radius 3 is 2.60 bits per heavy atom. The maximum atomic E-state index is 5.53. The third-order valence-corrected chi connectivity index (χ3v) is 4.90. The lowest BCUT2D eigenvalue weighted by atomic mass is 10.1. The molecule has 1 heterocycles. The van der Waals surface area contributed by atoms with E-state index in [-0.39, 0.29) is 0 Å². The molecule has 0 aliphatic rings. The molecule has 2 aromatic rings. The van der Waals surface area contributed by atoms with Gasteiger partial charge in [0, 0.05) is 51.6 Å². The fourth-order valence-electron chi connectivity index (χ4n) is 3.57. The minimum Gasteiger partial charge on any atom is -0.493 e. The van der Waals surface area contributed by atoms with Crippen LogP contribution in [-0.2, 0) is 26.6 Å². The summed E-state index contributed by atoms with van der Waals surface area (Å²) in [5.74, 6) is 2.66. The SMILES string of the molecule is C=CCc1cc(CNC(=NC)N(C)Cc2cn(C)nc2C(C)C)cc(OC)c1OC. The lowest BCUT2D eigenvalue weighted by molar-refractivity contribution is 0.351. The number of aryl methyl sites for hydroxylation is 1. The van der Waals surface area contributed by atoms with Crippen molar-refractivity contribution in [3.8, 4) is 11.5 Å². The lowest BCUT2D eigenvalue weighted by Crippen LogP contribution is -2.38. The van der Waals surface area contributed by atoms with Gasteiger partial charge in [-0.25, -0.2) is 0 Å². The van der Waals surface area contributed by atoms with Crippen LogP contribution < -0.4 is 14.8 Å². The molecule has 0 saturated carbocycles. The number of methoxy groups -OCH3 is 2. The summed E-state index contributed by atoms with van der Waals surface area (Å²) in [4.78, 5) is 6.55. The fraction of sp³-hybridized carbons (Fsp3) is 0.478. The van der Waals surface area contributed by atoms with Gasteiger partial charge in [-0.2, -0.15) is 5.10 Å². The van der Waals surface area contributed by atoms with Crippen molar-refractivity contribution in [2.45, 2.75) is 39.3 Å². The van der Waals surface area contributed by atoms with Gasteiger partial charge in [-0.05, 0) is 30.0 Å². The van der Waals surface area contributed by atoms with Crippen molar-refractivity contribution in [3.63, 3.8) is 0 Å². The molecule has 0 aliphatic carbocycles. The Kier molecular flexibility index (Phi) is 8.33. The molecule has 1 aromatic carbocycles. The predicted molar refractivity (Wildman–Crippen MR) is 122 cm³/mol. The molecule has 0 amide bonds. The number of aliphatic imine (C=N–C) groups is 1. The van der Waals surface area contributed by atoms with E-state index in [0.717, 1.165) is 35.1 Å². The van der Waals surface area contributed by atoms with Gasteiger partial charge in [-0.15, -0.1) is 6.58 Å². The molecular weight excluding hydrogens is 378 g/mol. The summed E-state index contributed by atoms with van der Waals surface area (Å²) >= 11 is 0. The first-order valence-corrected chi connectivity index (χ1v) is 10.1. The monoisotopic (exact) mass is 413 g/mol. The fourth-order valence-corrected chi connectivity index (χ4v) is 3.57. The van der Waals surface area contributed by atoms with Crippen molar-refractivity contribution < 1.29 is 9.47 Å². The molecule has 164 valence electrons. The van der Waals surface area contributed by atoms with Crippen LogP contribution >= 0.6 is 0 Å². The average Bonchev–Trinajstić information content (AvgIpc) is 3.08. The predicted octanol–water partition coefficient (Wildman–Crippen LogP) is 3.50. The molecule has 7 heteroatoms. The number of rotatable bonds is 9. The number of ether oxygens (including phenoxy) is 2. The highest BCUT2D eigenvalue weighted by atomic mass is 16.5. The molecular formula is C23H35N5O2. The molecule has 0 bridgehead atoms. The molecule has 2 rings (SSSR count). The van der Waals surface area contributed by atoms with E-state index >= 15 is 0 Å². The third kappa shape index (κ3) is 5.55. The Hall–Kier alpha value is -2.96. The van der Waals surface area contributed by atoms with Crippen LogP contribution in [0.25, 0.3) is 0 Å². The first-order chi connectivity index (χ1) is 14.3. The van der Waals surface area contributed by atoms with Gasteiger partial charge in [-0.3, -0.25) is 9.67 Å². The molecule has 1 aromatic heterocycles. The summed E-state index contributed by atoms with van der Waals surface area (Å²) in [5, 5.41) is 8.05. The van der Waals surface area contributed by atoms with E-state index in [2.05, 4.69) is 53.0 Å². The van der Waals surface area contributed by atoms with Crippen LogP contribution in [0.1, 0.15) is 42.1 Å². The molecule has 0 atom stereocenters. The van der Waals surface area contributed by atoms with Crippen LogP contribution in [0.4, 0.5) is 0 Å². The molecule has 0 spiro atoms. The maximum Gasteiger partial charge on any atom is 0.193 e. The summed E-state index contributed by atoms with van der Waals surface area (Å²) in [7, 11) is 9.09. The van der Waals surface area contributed by atoms with Gasteiger partial charge in [0.15, 0.2) is 17.5 Å². The van der Waals surface area contributed by atoms with E-state index in [1.807, 2.05) is 30.9 Å². The quantitative estimate of drug-likeness (QED) is 0.387. The molecule has 1 N–H and O–H groups in total. The van der Waals surface area contributed by atoms with Crippen molar-refractivity contribution in [2.75, 3.05) is 28.3 Å². The smallest absolute Gasteiger partial charge is 0.193 e. The van der Waals surface area contributed by atoms with Crippen molar-refractivity contribution in [1.82, 2.24) is 20.0 Å². The van der Waals surface area contributed by atoms with Gasteiger partial charge in [0.25, 0.3) is 0 Å². The highest BCUT2D eigenvalue weighted by Gasteiger charge is 2.16. The van der Waals surface area contributed by atoms with Gasteiger partial charge in [0.05, 0.1) is 19.9 Å². The summed E-state index contributed by atoms with van der Waals surface area (Å²) < 4.78 is 12.9. The zero-order chi connectivity index (χ0) is 22.3. The van der Waals surface area contributed by atoms with Crippen molar-refractivity contribution in [3.05, 3.63) is 53.4 Å². The van der Waals surface area contributed by atoms with E-state index < -0.39 is 0 Å². The summed E-state index contributed by atoms with van der Waals surface area (Å²) in [5.41, 5.74) is 4.46. The number of nitrogens with one attached hydrogen (secondary N) is 1. The topological polar surface area (TPSA) is 63.9 Å². The molecule has 7 nitrogen and oxygen atoms in total. The molecule has 0 radical (unpaired) electrons. The zero-order valence-corrected chi connectivity index (χ0v) is 19.3. The highest BCUT2D eigenvalue weighted by Crippen LogP contribution is 2.33. The molecule has 0 aliphatic heterocycles.